The highest BCUT2D eigenvalue weighted by atomic mass is 14.7. The number of nitrogens with zero attached hydrogens (tertiary/aromatic N) is 1. The number of hydrogen-bond acceptors (Lipinski definition) is 1. The Balaban J connectivity index is 2.75. The van der Waals surface area contributed by atoms with Crippen LogP contribution in [0.2, 0.25) is 0 Å². The molecule has 0 aliphatic carbocycles. The van der Waals surface area contributed by atoms with Crippen LogP contribution in [-0.4, -0.2) is 4.98 Å². The van der Waals surface area contributed by atoms with Crippen LogP contribution in [0.15, 0.2) is 30.8 Å². The number of aromatic amines is 1. The lowest BCUT2D eigenvalue weighted by Gasteiger charge is -1.92. The fourth-order valence-corrected chi connectivity index (χ4v) is 1.66. The van der Waals surface area contributed by atoms with Crippen LogP contribution in [0, 0.1) is 11.3 Å². The zero-order valence-electron chi connectivity index (χ0n) is 7.75. The number of para-hydroxylation sites is 1. The molecule has 0 aliphatic rings. The van der Waals surface area contributed by atoms with Crippen LogP contribution < -0.4 is 0 Å². The molecule has 0 saturated heterocycles. The zero-order chi connectivity index (χ0) is 9.97. The van der Waals surface area contributed by atoms with Gasteiger partial charge >= 0.3 is 0 Å². The average molecular weight is 182 g/mol. The van der Waals surface area contributed by atoms with Gasteiger partial charge in [0.1, 0.15) is 0 Å². The van der Waals surface area contributed by atoms with Crippen molar-refractivity contribution in [1.29, 1.82) is 5.26 Å². The van der Waals surface area contributed by atoms with Gasteiger partial charge in [0, 0.05) is 16.6 Å². The lowest BCUT2D eigenvalue weighted by molar-refractivity contribution is 1.26. The van der Waals surface area contributed by atoms with E-state index in [-0.39, 0.29) is 0 Å². The van der Waals surface area contributed by atoms with Gasteiger partial charge in [-0.1, -0.05) is 24.8 Å². The summed E-state index contributed by atoms with van der Waals surface area (Å²) in [5, 5.41) is 9.83. The van der Waals surface area contributed by atoms with E-state index < -0.39 is 0 Å². The third-order valence-electron chi connectivity index (χ3n) is 2.31. The third kappa shape index (κ3) is 1.20. The Morgan fingerprint density at radius 1 is 1.43 bits per heavy atom. The van der Waals surface area contributed by atoms with E-state index in [2.05, 4.69) is 17.6 Å². The minimum Gasteiger partial charge on any atom is -0.355 e. The van der Waals surface area contributed by atoms with Crippen molar-refractivity contribution in [3.8, 4) is 6.07 Å². The number of hydrogen-bond donors (Lipinski definition) is 1. The van der Waals surface area contributed by atoms with E-state index in [1.807, 2.05) is 24.3 Å². The quantitative estimate of drug-likeness (QED) is 0.762. The second-order valence-corrected chi connectivity index (χ2v) is 3.10. The smallest absolute Gasteiger partial charge is 0.0670 e. The van der Waals surface area contributed by atoms with E-state index in [0.29, 0.717) is 6.42 Å². The predicted octanol–water partition coefficient (Wildman–Crippen LogP) is 2.88. The number of benzene rings is 1. The Hall–Kier alpha value is -2.01. The molecule has 2 rings (SSSR count). The van der Waals surface area contributed by atoms with Gasteiger partial charge in [0.25, 0.3) is 0 Å². The predicted molar refractivity (Wildman–Crippen MR) is 57.7 cm³/mol. The zero-order valence-corrected chi connectivity index (χ0v) is 7.75. The molecule has 0 unspecified atom stereocenters. The molecule has 2 heteroatoms. The topological polar surface area (TPSA) is 39.6 Å². The number of rotatable bonds is 2. The Labute approximate surface area is 82.5 Å². The molecule has 0 spiro atoms. The lowest BCUT2D eigenvalue weighted by atomic mass is 10.1. The molecular weight excluding hydrogens is 172 g/mol. The van der Waals surface area contributed by atoms with Gasteiger partial charge in [0.2, 0.25) is 0 Å². The number of H-pyrrole nitrogens is 1. The molecule has 0 bridgehead atoms. The van der Waals surface area contributed by atoms with Gasteiger partial charge in [-0.3, -0.25) is 0 Å². The molecule has 1 aromatic carbocycles. The summed E-state index contributed by atoms with van der Waals surface area (Å²) in [7, 11) is 0. The number of nitriles is 1. The Morgan fingerprint density at radius 3 is 2.93 bits per heavy atom. The van der Waals surface area contributed by atoms with E-state index in [9.17, 15) is 0 Å². The molecule has 2 aromatic rings. The van der Waals surface area contributed by atoms with Gasteiger partial charge in [-0.05, 0) is 17.7 Å². The highest BCUT2D eigenvalue weighted by Gasteiger charge is 2.07. The highest BCUT2D eigenvalue weighted by molar-refractivity contribution is 5.87. The summed E-state index contributed by atoms with van der Waals surface area (Å²) in [5.74, 6) is 0. The second-order valence-electron chi connectivity index (χ2n) is 3.10. The molecule has 1 heterocycles. The molecule has 2 nitrogen and oxygen atoms in total. The van der Waals surface area contributed by atoms with Gasteiger partial charge < -0.3 is 4.98 Å². The van der Waals surface area contributed by atoms with E-state index >= 15 is 0 Å². The Morgan fingerprint density at radius 2 is 2.21 bits per heavy atom. The lowest BCUT2D eigenvalue weighted by Crippen LogP contribution is -1.82. The number of aromatic nitrogens is 1. The van der Waals surface area contributed by atoms with Crippen molar-refractivity contribution < 1.29 is 0 Å². The van der Waals surface area contributed by atoms with Gasteiger partial charge in [-0.25, -0.2) is 0 Å². The molecule has 1 N–H and O–H groups in total. The number of nitrogens with one attached hydrogen (secondary N) is 1. The largest absolute Gasteiger partial charge is 0.355 e. The van der Waals surface area contributed by atoms with Crippen LogP contribution in [0.5, 0.6) is 0 Å². The maximum atomic E-state index is 8.72. The first-order valence-electron chi connectivity index (χ1n) is 4.45. The minimum absolute atomic E-state index is 0.422. The molecule has 0 amide bonds. The van der Waals surface area contributed by atoms with Crippen molar-refractivity contribution in [2.24, 2.45) is 0 Å². The van der Waals surface area contributed by atoms with E-state index in [4.69, 9.17) is 5.26 Å². The average Bonchev–Trinajstić information content (AvgIpc) is 2.58. The fraction of sp³-hybridized carbons (Fsp3) is 0.0833. The monoisotopic (exact) mass is 182 g/mol. The van der Waals surface area contributed by atoms with Crippen molar-refractivity contribution in [2.75, 3.05) is 0 Å². The molecule has 0 saturated carbocycles. The molecule has 68 valence electrons. The fourth-order valence-electron chi connectivity index (χ4n) is 1.66. The van der Waals surface area contributed by atoms with Crippen LogP contribution in [0.3, 0.4) is 0 Å². The normalized spacial score (nSPS) is 9.93. The van der Waals surface area contributed by atoms with Crippen molar-refractivity contribution in [3.63, 3.8) is 0 Å². The number of fused-ring (bicyclic) bond motifs is 1. The van der Waals surface area contributed by atoms with Crippen LogP contribution in [0.25, 0.3) is 17.0 Å². The molecule has 0 fully saturated rings. The standard InChI is InChI=1S/C12H10N2/c1-2-11-10(7-8-13)9-5-3-4-6-12(9)14-11/h2-6,14H,1,7H2. The highest BCUT2D eigenvalue weighted by Crippen LogP contribution is 2.23. The summed E-state index contributed by atoms with van der Waals surface area (Å²) in [4.78, 5) is 3.23. The summed E-state index contributed by atoms with van der Waals surface area (Å²) in [6.07, 6.45) is 2.18. The van der Waals surface area contributed by atoms with Crippen molar-refractivity contribution in [3.05, 3.63) is 42.1 Å². The van der Waals surface area contributed by atoms with Gasteiger partial charge in [0.05, 0.1) is 12.5 Å². The first kappa shape index (κ1) is 8.58. The molecular formula is C12H10N2. The van der Waals surface area contributed by atoms with Crippen LogP contribution in [-0.2, 0) is 6.42 Å². The summed E-state index contributed by atoms with van der Waals surface area (Å²) in [6, 6.07) is 10.1. The van der Waals surface area contributed by atoms with E-state index in [1.165, 1.54) is 0 Å². The van der Waals surface area contributed by atoms with Crippen LogP contribution in [0.1, 0.15) is 11.3 Å². The van der Waals surface area contributed by atoms with Crippen LogP contribution >= 0.6 is 0 Å². The summed E-state index contributed by atoms with van der Waals surface area (Å²) >= 11 is 0. The molecule has 1 aromatic heterocycles. The first-order valence-corrected chi connectivity index (χ1v) is 4.45. The van der Waals surface area contributed by atoms with Gasteiger partial charge in [-0.15, -0.1) is 0 Å². The summed E-state index contributed by atoms with van der Waals surface area (Å²) in [5.41, 5.74) is 3.05. The molecule has 0 atom stereocenters. The van der Waals surface area contributed by atoms with E-state index in [0.717, 1.165) is 22.2 Å². The Bertz CT molecular complexity index is 515. The summed E-state index contributed by atoms with van der Waals surface area (Å²) in [6.45, 7) is 3.73. The SMILES string of the molecule is C=Cc1[nH]c2ccccc2c1CC#N. The van der Waals surface area contributed by atoms with Crippen molar-refractivity contribution in [2.45, 2.75) is 6.42 Å². The maximum Gasteiger partial charge on any atom is 0.0670 e. The second kappa shape index (κ2) is 3.39. The van der Waals surface area contributed by atoms with E-state index in [1.54, 1.807) is 6.08 Å². The van der Waals surface area contributed by atoms with Gasteiger partial charge in [0.15, 0.2) is 0 Å². The van der Waals surface area contributed by atoms with Gasteiger partial charge in [-0.2, -0.15) is 5.26 Å². The maximum absolute atomic E-state index is 8.72. The summed E-state index contributed by atoms with van der Waals surface area (Å²) < 4.78 is 0. The Kier molecular flexibility index (Phi) is 2.08. The minimum atomic E-state index is 0.422. The van der Waals surface area contributed by atoms with Crippen molar-refractivity contribution >= 4 is 17.0 Å². The van der Waals surface area contributed by atoms with Crippen molar-refractivity contribution in [1.82, 2.24) is 4.98 Å². The molecule has 14 heavy (non-hydrogen) atoms. The molecule has 0 radical (unpaired) electrons. The first-order chi connectivity index (χ1) is 6.86. The van der Waals surface area contributed by atoms with Crippen LogP contribution in [0.4, 0.5) is 0 Å². The third-order valence-corrected chi connectivity index (χ3v) is 2.31. The molecule has 0 aliphatic heterocycles.